The summed E-state index contributed by atoms with van der Waals surface area (Å²) in [7, 11) is 0. The third kappa shape index (κ3) is 4.66. The van der Waals surface area contributed by atoms with Gasteiger partial charge in [-0.15, -0.1) is 11.3 Å². The smallest absolute Gasteiger partial charge is 0.162 e. The highest BCUT2D eigenvalue weighted by atomic mass is 32.1. The predicted molar refractivity (Wildman–Crippen MR) is 88.2 cm³/mol. The van der Waals surface area contributed by atoms with Crippen LogP contribution < -0.4 is 5.73 Å². The molecule has 0 bridgehead atoms. The summed E-state index contributed by atoms with van der Waals surface area (Å²) >= 11 is 1.63. The predicted octanol–water partition coefficient (Wildman–Crippen LogP) is 3.60. The van der Waals surface area contributed by atoms with E-state index >= 15 is 0 Å². The number of hydrogen-bond donors (Lipinski definition) is 1. The number of rotatable bonds is 8. The van der Waals surface area contributed by atoms with E-state index in [-0.39, 0.29) is 5.41 Å². The van der Waals surface area contributed by atoms with Gasteiger partial charge in [0, 0.05) is 18.5 Å². The monoisotopic (exact) mass is 307 g/mol. The quantitative estimate of drug-likeness (QED) is 0.809. The molecular weight excluding hydrogens is 282 g/mol. The lowest BCUT2D eigenvalue weighted by molar-refractivity contribution is 0.174. The van der Waals surface area contributed by atoms with Gasteiger partial charge in [-0.1, -0.05) is 20.8 Å². The molecule has 0 unspecified atom stereocenters. The van der Waals surface area contributed by atoms with Crippen molar-refractivity contribution in [1.29, 1.82) is 0 Å². The molecule has 0 radical (unpaired) electrons. The van der Waals surface area contributed by atoms with Crippen molar-refractivity contribution in [2.75, 3.05) is 19.6 Å². The van der Waals surface area contributed by atoms with Gasteiger partial charge in [0.05, 0.1) is 12.0 Å². The Labute approximate surface area is 131 Å². The molecule has 2 heterocycles. The van der Waals surface area contributed by atoms with Crippen LogP contribution in [0, 0.1) is 5.41 Å². The molecule has 5 heteroatoms. The van der Waals surface area contributed by atoms with Crippen molar-refractivity contribution in [1.82, 2.24) is 9.88 Å². The Morgan fingerprint density at radius 3 is 2.86 bits per heavy atom. The molecule has 2 aromatic rings. The van der Waals surface area contributed by atoms with Gasteiger partial charge in [0.2, 0.25) is 0 Å². The number of nitrogens with two attached hydrogens (primary N) is 1. The number of aromatic nitrogens is 1. The van der Waals surface area contributed by atoms with Crippen LogP contribution >= 0.6 is 11.3 Å². The second kappa shape index (κ2) is 7.20. The highest BCUT2D eigenvalue weighted by Gasteiger charge is 2.20. The van der Waals surface area contributed by atoms with Gasteiger partial charge < -0.3 is 10.2 Å². The van der Waals surface area contributed by atoms with Gasteiger partial charge in [0.15, 0.2) is 10.8 Å². The van der Waals surface area contributed by atoms with E-state index in [9.17, 15) is 0 Å². The summed E-state index contributed by atoms with van der Waals surface area (Å²) in [4.78, 5) is 7.12. The number of nitrogens with zero attached hydrogens (tertiary/aromatic N) is 2. The maximum atomic E-state index is 5.86. The van der Waals surface area contributed by atoms with Gasteiger partial charge in [-0.2, -0.15) is 0 Å². The van der Waals surface area contributed by atoms with Crippen LogP contribution in [0.1, 0.15) is 32.9 Å². The minimum atomic E-state index is 0.134. The van der Waals surface area contributed by atoms with E-state index in [1.165, 1.54) is 0 Å². The van der Waals surface area contributed by atoms with Gasteiger partial charge in [-0.05, 0) is 37.1 Å². The average molecular weight is 307 g/mol. The number of hydrogen-bond acceptors (Lipinski definition) is 5. The fraction of sp³-hybridized carbons (Fsp3) is 0.562. The van der Waals surface area contributed by atoms with E-state index in [0.29, 0.717) is 6.54 Å². The lowest BCUT2D eigenvalue weighted by Gasteiger charge is -2.31. The summed E-state index contributed by atoms with van der Waals surface area (Å²) in [5.74, 6) is 0.843. The van der Waals surface area contributed by atoms with Crippen molar-refractivity contribution in [2.45, 2.75) is 33.7 Å². The van der Waals surface area contributed by atoms with Crippen LogP contribution in [-0.2, 0) is 6.54 Å². The highest BCUT2D eigenvalue weighted by Crippen LogP contribution is 2.25. The molecule has 0 saturated carbocycles. The normalized spacial score (nSPS) is 12.2. The molecule has 2 aromatic heterocycles. The molecule has 116 valence electrons. The van der Waals surface area contributed by atoms with Crippen molar-refractivity contribution >= 4 is 11.3 Å². The van der Waals surface area contributed by atoms with E-state index in [4.69, 9.17) is 10.2 Å². The summed E-state index contributed by atoms with van der Waals surface area (Å²) in [6.45, 7) is 10.3. The standard InChI is InChI=1S/C16H25N3OS/c1-4-7-19(12-16(2,3)11-17)9-13-10-21-15(18-13)14-6-5-8-20-14/h5-6,8,10H,4,7,9,11-12,17H2,1-3H3. The Kier molecular flexibility index (Phi) is 5.56. The van der Waals surface area contributed by atoms with Crippen molar-refractivity contribution in [3.8, 4) is 10.8 Å². The third-order valence-electron chi connectivity index (χ3n) is 3.41. The van der Waals surface area contributed by atoms with Crippen LogP contribution in [0.2, 0.25) is 0 Å². The molecule has 0 aliphatic rings. The SMILES string of the molecule is CCCN(Cc1csc(-c2ccco2)n1)CC(C)(C)CN. The molecule has 0 amide bonds. The van der Waals surface area contributed by atoms with E-state index in [1.54, 1.807) is 17.6 Å². The van der Waals surface area contributed by atoms with E-state index in [0.717, 1.165) is 42.5 Å². The van der Waals surface area contributed by atoms with Gasteiger partial charge in [-0.25, -0.2) is 4.98 Å². The first-order valence-electron chi connectivity index (χ1n) is 7.45. The molecule has 0 aliphatic heterocycles. The molecule has 0 saturated heterocycles. The molecule has 0 atom stereocenters. The minimum Gasteiger partial charge on any atom is -0.462 e. The minimum absolute atomic E-state index is 0.134. The molecule has 2 N–H and O–H groups in total. The van der Waals surface area contributed by atoms with Crippen LogP contribution in [0.4, 0.5) is 0 Å². The molecule has 0 aliphatic carbocycles. The first kappa shape index (κ1) is 16.2. The van der Waals surface area contributed by atoms with Gasteiger partial charge in [0.25, 0.3) is 0 Å². The molecule has 0 aromatic carbocycles. The second-order valence-electron chi connectivity index (χ2n) is 6.20. The summed E-state index contributed by atoms with van der Waals surface area (Å²) in [5, 5.41) is 3.07. The van der Waals surface area contributed by atoms with Gasteiger partial charge in [0.1, 0.15) is 0 Å². The molecule has 21 heavy (non-hydrogen) atoms. The fourth-order valence-corrected chi connectivity index (χ4v) is 3.10. The van der Waals surface area contributed by atoms with Crippen LogP contribution in [0.15, 0.2) is 28.2 Å². The van der Waals surface area contributed by atoms with E-state index < -0.39 is 0 Å². The van der Waals surface area contributed by atoms with Crippen LogP contribution in [-0.4, -0.2) is 29.5 Å². The highest BCUT2D eigenvalue weighted by molar-refractivity contribution is 7.13. The van der Waals surface area contributed by atoms with E-state index in [1.807, 2.05) is 12.1 Å². The zero-order valence-corrected chi connectivity index (χ0v) is 13.9. The van der Waals surface area contributed by atoms with Gasteiger partial charge in [-0.3, -0.25) is 4.90 Å². The molecule has 0 fully saturated rings. The van der Waals surface area contributed by atoms with Crippen molar-refractivity contribution in [3.63, 3.8) is 0 Å². The van der Waals surface area contributed by atoms with E-state index in [2.05, 4.69) is 36.0 Å². The molecule has 2 rings (SSSR count). The van der Waals surface area contributed by atoms with Crippen LogP contribution in [0.25, 0.3) is 10.8 Å². The average Bonchev–Trinajstić information content (AvgIpc) is 3.08. The Morgan fingerprint density at radius 2 is 2.24 bits per heavy atom. The molecule has 4 nitrogen and oxygen atoms in total. The summed E-state index contributed by atoms with van der Waals surface area (Å²) in [6.07, 6.45) is 2.82. The zero-order chi connectivity index (χ0) is 15.3. The number of furan rings is 1. The van der Waals surface area contributed by atoms with Crippen molar-refractivity contribution in [2.24, 2.45) is 11.1 Å². The Morgan fingerprint density at radius 1 is 1.43 bits per heavy atom. The zero-order valence-electron chi connectivity index (χ0n) is 13.1. The summed E-state index contributed by atoms with van der Waals surface area (Å²) < 4.78 is 5.40. The molecule has 0 spiro atoms. The second-order valence-corrected chi connectivity index (χ2v) is 7.06. The first-order valence-corrected chi connectivity index (χ1v) is 8.33. The Balaban J connectivity index is 2.03. The lowest BCUT2D eigenvalue weighted by Crippen LogP contribution is -2.38. The Bertz CT molecular complexity index is 533. The Hall–Kier alpha value is -1.17. The first-order chi connectivity index (χ1) is 10.0. The summed E-state index contributed by atoms with van der Waals surface area (Å²) in [6, 6.07) is 3.84. The van der Waals surface area contributed by atoms with Crippen molar-refractivity contribution in [3.05, 3.63) is 29.5 Å². The van der Waals surface area contributed by atoms with Crippen LogP contribution in [0.5, 0.6) is 0 Å². The maximum Gasteiger partial charge on any atom is 0.162 e. The van der Waals surface area contributed by atoms with Crippen molar-refractivity contribution < 1.29 is 4.42 Å². The maximum absolute atomic E-state index is 5.86. The third-order valence-corrected chi connectivity index (χ3v) is 4.32. The molecular formula is C16H25N3OS. The summed E-state index contributed by atoms with van der Waals surface area (Å²) in [5.41, 5.74) is 7.10. The topological polar surface area (TPSA) is 55.3 Å². The fourth-order valence-electron chi connectivity index (χ4n) is 2.32. The lowest BCUT2D eigenvalue weighted by atomic mass is 9.93. The van der Waals surface area contributed by atoms with Gasteiger partial charge >= 0.3 is 0 Å². The van der Waals surface area contributed by atoms with Crippen LogP contribution in [0.3, 0.4) is 0 Å². The number of thiazole rings is 1. The largest absolute Gasteiger partial charge is 0.462 e.